The van der Waals surface area contributed by atoms with Crippen LogP contribution in [-0.4, -0.2) is 40.4 Å². The molecule has 0 N–H and O–H groups in total. The van der Waals surface area contributed by atoms with Crippen LogP contribution < -0.4 is 4.74 Å². The normalized spacial score (nSPS) is 16.2. The van der Waals surface area contributed by atoms with Crippen LogP contribution in [0.2, 0.25) is 0 Å². The van der Waals surface area contributed by atoms with Crippen LogP contribution in [0.5, 0.6) is 5.75 Å². The van der Waals surface area contributed by atoms with E-state index in [9.17, 15) is 9.18 Å². The largest absolute Gasteiger partial charge is 0.497 e. The summed E-state index contributed by atoms with van der Waals surface area (Å²) in [7, 11) is 1.61. The number of methoxy groups -OCH3 is 1. The summed E-state index contributed by atoms with van der Waals surface area (Å²) in [6.07, 6.45) is 1.81. The molecule has 1 amide bonds. The molecular weight excluding hydrogens is 393 g/mol. The number of carbonyl (C=O) groups is 1. The molecular formula is C21H20FN3O3S. The zero-order valence-corrected chi connectivity index (χ0v) is 16.7. The van der Waals surface area contributed by atoms with E-state index >= 15 is 0 Å². The molecule has 1 fully saturated rings. The van der Waals surface area contributed by atoms with Crippen molar-refractivity contribution >= 4 is 17.7 Å². The third-order valence-electron chi connectivity index (χ3n) is 4.89. The molecule has 1 aromatic heterocycles. The van der Waals surface area contributed by atoms with Crippen molar-refractivity contribution in [2.75, 3.05) is 19.4 Å². The zero-order chi connectivity index (χ0) is 20.2. The fraction of sp³-hybridized carbons (Fsp3) is 0.286. The quantitative estimate of drug-likeness (QED) is 0.560. The molecule has 4 rings (SSSR count). The van der Waals surface area contributed by atoms with E-state index < -0.39 is 0 Å². The summed E-state index contributed by atoms with van der Waals surface area (Å²) >= 11 is 1.22. The second kappa shape index (κ2) is 8.65. The molecule has 1 aliphatic heterocycles. The number of nitrogens with zero attached hydrogens (tertiary/aromatic N) is 3. The number of hydrogen-bond acceptors (Lipinski definition) is 6. The summed E-state index contributed by atoms with van der Waals surface area (Å²) in [6.45, 7) is 0.697. The molecule has 1 aliphatic rings. The van der Waals surface area contributed by atoms with Crippen molar-refractivity contribution in [3.63, 3.8) is 0 Å². The first kappa shape index (κ1) is 19.4. The minimum atomic E-state index is -0.274. The molecule has 0 bridgehead atoms. The highest BCUT2D eigenvalue weighted by Crippen LogP contribution is 2.33. The van der Waals surface area contributed by atoms with Crippen LogP contribution in [0.25, 0.3) is 11.5 Å². The predicted octanol–water partition coefficient (Wildman–Crippen LogP) is 4.34. The van der Waals surface area contributed by atoms with Gasteiger partial charge in [-0.3, -0.25) is 4.79 Å². The van der Waals surface area contributed by atoms with Gasteiger partial charge in [0.05, 0.1) is 18.9 Å². The second-order valence-electron chi connectivity index (χ2n) is 6.69. The topological polar surface area (TPSA) is 68.5 Å². The zero-order valence-electron chi connectivity index (χ0n) is 15.9. The molecule has 29 heavy (non-hydrogen) atoms. The van der Waals surface area contributed by atoms with Crippen LogP contribution in [0.1, 0.15) is 24.4 Å². The molecule has 1 unspecified atom stereocenters. The van der Waals surface area contributed by atoms with Crippen LogP contribution in [0.15, 0.2) is 58.2 Å². The molecule has 1 saturated heterocycles. The molecule has 0 aliphatic carbocycles. The van der Waals surface area contributed by atoms with Crippen LogP contribution in [0.4, 0.5) is 4.39 Å². The highest BCUT2D eigenvalue weighted by molar-refractivity contribution is 7.99. The maximum Gasteiger partial charge on any atom is 0.277 e. The molecule has 0 saturated carbocycles. The molecule has 0 radical (unpaired) electrons. The van der Waals surface area contributed by atoms with E-state index in [0.29, 0.717) is 17.7 Å². The Morgan fingerprint density at radius 1 is 1.21 bits per heavy atom. The molecule has 3 aromatic rings. The fourth-order valence-corrected chi connectivity index (χ4v) is 4.07. The Morgan fingerprint density at radius 2 is 1.97 bits per heavy atom. The van der Waals surface area contributed by atoms with Gasteiger partial charge in [0.2, 0.25) is 11.8 Å². The van der Waals surface area contributed by atoms with Gasteiger partial charge in [-0.05, 0) is 54.8 Å². The summed E-state index contributed by atoms with van der Waals surface area (Å²) in [5.41, 5.74) is 1.74. The summed E-state index contributed by atoms with van der Waals surface area (Å²) in [4.78, 5) is 14.6. The van der Waals surface area contributed by atoms with E-state index in [1.165, 1.54) is 23.9 Å². The van der Waals surface area contributed by atoms with Crippen LogP contribution in [0.3, 0.4) is 0 Å². The average Bonchev–Trinajstić information content (AvgIpc) is 3.43. The van der Waals surface area contributed by atoms with E-state index in [0.717, 1.165) is 29.7 Å². The van der Waals surface area contributed by atoms with Gasteiger partial charge in [0, 0.05) is 12.1 Å². The van der Waals surface area contributed by atoms with Crippen molar-refractivity contribution in [1.29, 1.82) is 0 Å². The Balaban J connectivity index is 1.38. The van der Waals surface area contributed by atoms with Gasteiger partial charge in [0.25, 0.3) is 5.22 Å². The van der Waals surface area contributed by atoms with E-state index in [1.807, 2.05) is 29.2 Å². The monoisotopic (exact) mass is 413 g/mol. The molecule has 2 aromatic carbocycles. The first-order valence-corrected chi connectivity index (χ1v) is 10.3. The summed E-state index contributed by atoms with van der Waals surface area (Å²) in [6, 6.07) is 13.7. The third-order valence-corrected chi connectivity index (χ3v) is 5.69. The molecule has 150 valence electrons. The van der Waals surface area contributed by atoms with E-state index in [2.05, 4.69) is 10.2 Å². The number of amides is 1. The van der Waals surface area contributed by atoms with Crippen molar-refractivity contribution in [2.45, 2.75) is 24.1 Å². The van der Waals surface area contributed by atoms with Crippen LogP contribution in [-0.2, 0) is 4.79 Å². The number of benzene rings is 2. The first-order chi connectivity index (χ1) is 14.1. The summed E-state index contributed by atoms with van der Waals surface area (Å²) in [5.74, 6) is 1.08. The minimum absolute atomic E-state index is 0.00558. The number of halogens is 1. The van der Waals surface area contributed by atoms with E-state index in [1.54, 1.807) is 19.2 Å². The highest BCUT2D eigenvalue weighted by atomic mass is 32.2. The van der Waals surface area contributed by atoms with Crippen molar-refractivity contribution < 1.29 is 18.3 Å². The lowest BCUT2D eigenvalue weighted by atomic mass is 10.0. The van der Waals surface area contributed by atoms with Gasteiger partial charge < -0.3 is 14.1 Å². The lowest BCUT2D eigenvalue weighted by molar-refractivity contribution is -0.129. The van der Waals surface area contributed by atoms with Crippen molar-refractivity contribution in [3.05, 3.63) is 59.9 Å². The van der Waals surface area contributed by atoms with Gasteiger partial charge >= 0.3 is 0 Å². The Kier molecular flexibility index (Phi) is 5.80. The van der Waals surface area contributed by atoms with Crippen molar-refractivity contribution in [3.8, 4) is 17.2 Å². The van der Waals surface area contributed by atoms with Gasteiger partial charge in [0.1, 0.15) is 11.6 Å². The Hall–Kier alpha value is -2.87. The summed E-state index contributed by atoms with van der Waals surface area (Å²) < 4.78 is 24.0. The SMILES string of the molecule is COc1ccc(-c2nnc(SCC(=O)N3CCCC3c3ccc(F)cc3)o2)cc1. The Morgan fingerprint density at radius 3 is 2.69 bits per heavy atom. The minimum Gasteiger partial charge on any atom is -0.497 e. The Labute approximate surface area is 172 Å². The summed E-state index contributed by atoms with van der Waals surface area (Å²) in [5, 5.41) is 8.42. The molecule has 0 spiro atoms. The van der Waals surface area contributed by atoms with Gasteiger partial charge in [-0.15, -0.1) is 10.2 Å². The van der Waals surface area contributed by atoms with Crippen molar-refractivity contribution in [1.82, 2.24) is 15.1 Å². The number of thioether (sulfide) groups is 1. The standard InChI is InChI=1S/C21H20FN3O3S/c1-27-17-10-6-15(7-11-17)20-23-24-21(28-20)29-13-19(26)25-12-2-3-18(25)14-4-8-16(22)9-5-14/h4-11,18H,2-3,12-13H2,1H3. The predicted molar refractivity (Wildman–Crippen MR) is 107 cm³/mol. The smallest absolute Gasteiger partial charge is 0.277 e. The second-order valence-corrected chi connectivity index (χ2v) is 7.61. The lowest BCUT2D eigenvalue weighted by Gasteiger charge is -2.24. The number of carbonyl (C=O) groups excluding carboxylic acids is 1. The van der Waals surface area contributed by atoms with Gasteiger partial charge in [-0.2, -0.15) is 0 Å². The lowest BCUT2D eigenvalue weighted by Crippen LogP contribution is -2.31. The first-order valence-electron chi connectivity index (χ1n) is 9.29. The number of hydrogen-bond donors (Lipinski definition) is 0. The van der Waals surface area contributed by atoms with E-state index in [4.69, 9.17) is 9.15 Å². The maximum atomic E-state index is 13.2. The van der Waals surface area contributed by atoms with Crippen molar-refractivity contribution in [2.24, 2.45) is 0 Å². The number of likely N-dealkylation sites (tertiary alicyclic amines) is 1. The fourth-order valence-electron chi connectivity index (χ4n) is 3.42. The Bertz CT molecular complexity index is 976. The van der Waals surface area contributed by atoms with Crippen LogP contribution >= 0.6 is 11.8 Å². The number of rotatable bonds is 6. The van der Waals surface area contributed by atoms with Crippen LogP contribution in [0, 0.1) is 5.82 Å². The van der Waals surface area contributed by atoms with E-state index in [-0.39, 0.29) is 23.5 Å². The molecule has 6 nitrogen and oxygen atoms in total. The van der Waals surface area contributed by atoms with Gasteiger partial charge in [-0.25, -0.2) is 4.39 Å². The average molecular weight is 413 g/mol. The third kappa shape index (κ3) is 4.42. The molecule has 2 heterocycles. The molecule has 8 heteroatoms. The number of ether oxygens (including phenoxy) is 1. The molecule has 1 atom stereocenters. The van der Waals surface area contributed by atoms with Gasteiger partial charge in [-0.1, -0.05) is 23.9 Å². The maximum absolute atomic E-state index is 13.2. The van der Waals surface area contributed by atoms with Gasteiger partial charge in [0.15, 0.2) is 0 Å². The highest BCUT2D eigenvalue weighted by Gasteiger charge is 2.30. The number of aromatic nitrogens is 2.